The average molecular weight is 362 g/mol. The van der Waals surface area contributed by atoms with Crippen LogP contribution in [-0.4, -0.2) is 16.0 Å². The van der Waals surface area contributed by atoms with Gasteiger partial charge >= 0.3 is 0 Å². The van der Waals surface area contributed by atoms with E-state index in [1.807, 2.05) is 31.2 Å². The van der Waals surface area contributed by atoms with Crippen LogP contribution in [0.2, 0.25) is 5.02 Å². The molecule has 124 valence electrons. The molecule has 1 N–H and O–H groups in total. The third kappa shape index (κ3) is 4.01. The van der Waals surface area contributed by atoms with E-state index < -0.39 is 0 Å². The number of nitrogens with zero attached hydrogens (tertiary/aromatic N) is 2. The van der Waals surface area contributed by atoms with E-state index in [4.69, 9.17) is 16.1 Å². The molecule has 7 heteroatoms. The third-order valence-electron chi connectivity index (χ3n) is 3.61. The number of halogens is 1. The Morgan fingerprint density at radius 1 is 1.29 bits per heavy atom. The third-order valence-corrected chi connectivity index (χ3v) is 4.77. The minimum atomic E-state index is -0.128. The van der Waals surface area contributed by atoms with Gasteiger partial charge in [-0.1, -0.05) is 28.9 Å². The molecule has 0 radical (unpaired) electrons. The zero-order valence-corrected chi connectivity index (χ0v) is 14.9. The van der Waals surface area contributed by atoms with Gasteiger partial charge in [-0.2, -0.15) is 0 Å². The molecule has 3 rings (SSSR count). The monoisotopic (exact) mass is 361 g/mol. The Morgan fingerprint density at radius 3 is 2.71 bits per heavy atom. The van der Waals surface area contributed by atoms with E-state index in [-0.39, 0.29) is 12.3 Å². The van der Waals surface area contributed by atoms with Crippen molar-refractivity contribution >= 4 is 34.0 Å². The van der Waals surface area contributed by atoms with Crippen LogP contribution >= 0.6 is 22.9 Å². The summed E-state index contributed by atoms with van der Waals surface area (Å²) in [5.41, 5.74) is 2.72. The van der Waals surface area contributed by atoms with Crippen LogP contribution in [-0.2, 0) is 17.6 Å². The number of rotatable bonds is 5. The van der Waals surface area contributed by atoms with Gasteiger partial charge < -0.3 is 9.84 Å². The van der Waals surface area contributed by atoms with Crippen molar-refractivity contribution in [3.63, 3.8) is 0 Å². The fourth-order valence-corrected chi connectivity index (χ4v) is 3.32. The topological polar surface area (TPSA) is 68.0 Å². The van der Waals surface area contributed by atoms with Crippen LogP contribution < -0.4 is 5.32 Å². The average Bonchev–Trinajstić information content (AvgIpc) is 3.11. The maximum absolute atomic E-state index is 12.2. The van der Waals surface area contributed by atoms with Gasteiger partial charge in [-0.3, -0.25) is 4.79 Å². The summed E-state index contributed by atoms with van der Waals surface area (Å²) in [7, 11) is 0. The van der Waals surface area contributed by atoms with E-state index in [1.54, 1.807) is 13.1 Å². The quantitative estimate of drug-likeness (QED) is 0.740. The molecular weight excluding hydrogens is 346 g/mol. The lowest BCUT2D eigenvalue weighted by atomic mass is 10.1. The maximum Gasteiger partial charge on any atom is 0.230 e. The van der Waals surface area contributed by atoms with Gasteiger partial charge in [0.25, 0.3) is 0 Å². The highest BCUT2D eigenvalue weighted by molar-refractivity contribution is 7.15. The normalized spacial score (nSPS) is 10.8. The number of nitrogens with one attached hydrogen (secondary N) is 1. The number of thiazole rings is 1. The molecule has 0 aliphatic carbocycles. The standard InChI is InChI=1S/C17H16ClN3O2S/c1-10-15(11(2)23-21-10)8-16(22)20-17-19-9-14(24-17)7-12-3-5-13(18)6-4-12/h3-6,9H,7-8H2,1-2H3,(H,19,20,22). The molecule has 2 heterocycles. The summed E-state index contributed by atoms with van der Waals surface area (Å²) in [4.78, 5) is 17.5. The Kier molecular flexibility index (Phi) is 4.97. The number of benzene rings is 1. The lowest BCUT2D eigenvalue weighted by Crippen LogP contribution is -2.14. The molecule has 1 aromatic carbocycles. The molecule has 0 saturated carbocycles. The molecule has 24 heavy (non-hydrogen) atoms. The Morgan fingerprint density at radius 2 is 2.04 bits per heavy atom. The highest BCUT2D eigenvalue weighted by Crippen LogP contribution is 2.22. The summed E-state index contributed by atoms with van der Waals surface area (Å²) in [5, 5.41) is 7.99. The molecule has 0 fully saturated rings. The lowest BCUT2D eigenvalue weighted by molar-refractivity contribution is -0.115. The number of hydrogen-bond donors (Lipinski definition) is 1. The smallest absolute Gasteiger partial charge is 0.230 e. The molecule has 0 aliphatic heterocycles. The van der Waals surface area contributed by atoms with E-state index in [9.17, 15) is 4.79 Å². The Bertz CT molecular complexity index is 836. The first-order chi connectivity index (χ1) is 11.5. The number of amides is 1. The second-order valence-electron chi connectivity index (χ2n) is 5.46. The second-order valence-corrected chi connectivity index (χ2v) is 7.01. The van der Waals surface area contributed by atoms with Gasteiger partial charge in [-0.25, -0.2) is 4.98 Å². The van der Waals surface area contributed by atoms with Gasteiger partial charge in [-0.15, -0.1) is 11.3 Å². The first kappa shape index (κ1) is 16.7. The fraction of sp³-hybridized carbons (Fsp3) is 0.235. The predicted octanol–water partition coefficient (Wildman–Crippen LogP) is 4.17. The fourth-order valence-electron chi connectivity index (χ4n) is 2.33. The highest BCUT2D eigenvalue weighted by atomic mass is 35.5. The Hall–Kier alpha value is -2.18. The van der Waals surface area contributed by atoms with Crippen LogP contribution in [0.1, 0.15) is 27.5 Å². The summed E-state index contributed by atoms with van der Waals surface area (Å²) in [6.45, 7) is 3.63. The van der Waals surface area contributed by atoms with Gasteiger partial charge in [0.15, 0.2) is 5.13 Å². The van der Waals surface area contributed by atoms with E-state index in [1.165, 1.54) is 11.3 Å². The molecule has 0 spiro atoms. The Labute approximate surface area is 148 Å². The summed E-state index contributed by atoms with van der Waals surface area (Å²) in [6.07, 6.45) is 2.77. The van der Waals surface area contributed by atoms with E-state index in [0.29, 0.717) is 10.9 Å². The molecule has 0 unspecified atom stereocenters. The van der Waals surface area contributed by atoms with Crippen LogP contribution in [0.15, 0.2) is 35.0 Å². The van der Waals surface area contributed by atoms with Crippen molar-refractivity contribution in [3.05, 3.63) is 62.9 Å². The van der Waals surface area contributed by atoms with Gasteiger partial charge in [0.05, 0.1) is 12.1 Å². The van der Waals surface area contributed by atoms with Crippen molar-refractivity contribution in [2.45, 2.75) is 26.7 Å². The molecule has 0 aliphatic rings. The lowest BCUT2D eigenvalue weighted by Gasteiger charge is -2.01. The molecule has 3 aromatic rings. The van der Waals surface area contributed by atoms with Gasteiger partial charge in [-0.05, 0) is 31.5 Å². The Balaban J connectivity index is 1.61. The van der Waals surface area contributed by atoms with Crippen molar-refractivity contribution in [2.75, 3.05) is 5.32 Å². The first-order valence-corrected chi connectivity index (χ1v) is 8.61. The molecule has 1 amide bonds. The maximum atomic E-state index is 12.2. The highest BCUT2D eigenvalue weighted by Gasteiger charge is 2.14. The SMILES string of the molecule is Cc1noc(C)c1CC(=O)Nc1ncc(Cc2ccc(Cl)cc2)s1. The largest absolute Gasteiger partial charge is 0.361 e. The minimum Gasteiger partial charge on any atom is -0.361 e. The second kappa shape index (κ2) is 7.15. The van der Waals surface area contributed by atoms with Crippen molar-refractivity contribution in [2.24, 2.45) is 0 Å². The minimum absolute atomic E-state index is 0.128. The summed E-state index contributed by atoms with van der Waals surface area (Å²) in [6, 6.07) is 7.70. The van der Waals surface area contributed by atoms with Gasteiger partial charge in [0, 0.05) is 28.1 Å². The zero-order chi connectivity index (χ0) is 17.1. The summed E-state index contributed by atoms with van der Waals surface area (Å²) in [5.74, 6) is 0.544. The van der Waals surface area contributed by atoms with Crippen LogP contribution in [0, 0.1) is 13.8 Å². The summed E-state index contributed by atoms with van der Waals surface area (Å²) >= 11 is 7.35. The number of aromatic nitrogens is 2. The zero-order valence-electron chi connectivity index (χ0n) is 13.3. The van der Waals surface area contributed by atoms with E-state index in [2.05, 4.69) is 15.5 Å². The molecule has 2 aromatic heterocycles. The van der Waals surface area contributed by atoms with E-state index >= 15 is 0 Å². The molecule has 0 saturated heterocycles. The van der Waals surface area contributed by atoms with Crippen LogP contribution in [0.4, 0.5) is 5.13 Å². The molecule has 0 bridgehead atoms. The van der Waals surface area contributed by atoms with Crippen LogP contribution in [0.5, 0.6) is 0 Å². The number of aryl methyl sites for hydroxylation is 2. The molecule has 5 nitrogen and oxygen atoms in total. The predicted molar refractivity (Wildman–Crippen MR) is 94.7 cm³/mol. The van der Waals surface area contributed by atoms with E-state index in [0.717, 1.165) is 33.1 Å². The van der Waals surface area contributed by atoms with Crippen molar-refractivity contribution in [1.29, 1.82) is 0 Å². The number of carbonyl (C=O) groups is 1. The number of anilines is 1. The van der Waals surface area contributed by atoms with Crippen molar-refractivity contribution in [3.8, 4) is 0 Å². The summed E-state index contributed by atoms with van der Waals surface area (Å²) < 4.78 is 5.07. The van der Waals surface area contributed by atoms with Gasteiger partial charge in [0.2, 0.25) is 5.91 Å². The van der Waals surface area contributed by atoms with Crippen LogP contribution in [0.3, 0.4) is 0 Å². The first-order valence-electron chi connectivity index (χ1n) is 7.42. The molecule has 0 atom stereocenters. The van der Waals surface area contributed by atoms with Gasteiger partial charge in [0.1, 0.15) is 5.76 Å². The van der Waals surface area contributed by atoms with Crippen molar-refractivity contribution in [1.82, 2.24) is 10.1 Å². The van der Waals surface area contributed by atoms with Crippen LogP contribution in [0.25, 0.3) is 0 Å². The number of carbonyl (C=O) groups excluding carboxylic acids is 1. The molecular formula is C17H16ClN3O2S. The van der Waals surface area contributed by atoms with Crippen molar-refractivity contribution < 1.29 is 9.32 Å². The number of hydrogen-bond acceptors (Lipinski definition) is 5.